The zero-order valence-electron chi connectivity index (χ0n) is 15.7. The number of hydrogen-bond donors (Lipinski definition) is 2. The van der Waals surface area contributed by atoms with Gasteiger partial charge in [-0.25, -0.2) is 4.98 Å². The van der Waals surface area contributed by atoms with Gasteiger partial charge in [0.05, 0.1) is 18.3 Å². The Labute approximate surface area is 166 Å². The van der Waals surface area contributed by atoms with Gasteiger partial charge >= 0.3 is 0 Å². The third-order valence-corrected chi connectivity index (χ3v) is 5.81. The molecule has 1 unspecified atom stereocenters. The van der Waals surface area contributed by atoms with Crippen LogP contribution < -0.4 is 10.6 Å². The minimum absolute atomic E-state index is 0.0124. The lowest BCUT2D eigenvalue weighted by atomic mass is 10.2. The molecule has 150 valence electrons. The summed E-state index contributed by atoms with van der Waals surface area (Å²) in [6, 6.07) is 1.58. The molecule has 2 amide bonds. The van der Waals surface area contributed by atoms with Crippen LogP contribution in [0.3, 0.4) is 0 Å². The number of nitrogens with zero attached hydrogens (tertiary/aromatic N) is 3. The third kappa shape index (κ3) is 4.57. The fourth-order valence-electron chi connectivity index (χ4n) is 3.36. The van der Waals surface area contributed by atoms with Gasteiger partial charge in [-0.3, -0.25) is 19.8 Å². The van der Waals surface area contributed by atoms with E-state index in [0.717, 1.165) is 43.0 Å². The molecule has 1 saturated heterocycles. The van der Waals surface area contributed by atoms with Crippen molar-refractivity contribution < 1.29 is 18.8 Å². The van der Waals surface area contributed by atoms with Crippen molar-refractivity contribution in [3.63, 3.8) is 0 Å². The standard InChI is InChI=1S/C18H23N5O4S/c1-11-7-14(22-27-11)17(25)21-18-20-13-4-5-23(9-15(13)28-18)10-16(24)19-8-12-3-2-6-26-12/h7,12H,2-6,8-10H2,1H3,(H,19,24)(H,20,21,25). The SMILES string of the molecule is Cc1cc(C(=O)Nc2nc3c(s2)CN(CC(=O)NCC2CCCO2)CC3)no1. The van der Waals surface area contributed by atoms with E-state index in [4.69, 9.17) is 9.26 Å². The molecule has 10 heteroatoms. The number of nitrogens with one attached hydrogen (secondary N) is 2. The monoisotopic (exact) mass is 405 g/mol. The van der Waals surface area contributed by atoms with Gasteiger partial charge in [-0.2, -0.15) is 0 Å². The highest BCUT2D eigenvalue weighted by molar-refractivity contribution is 7.15. The maximum absolute atomic E-state index is 12.2. The Morgan fingerprint density at radius 2 is 2.32 bits per heavy atom. The molecule has 9 nitrogen and oxygen atoms in total. The van der Waals surface area contributed by atoms with Gasteiger partial charge in [-0.1, -0.05) is 5.16 Å². The maximum Gasteiger partial charge on any atom is 0.279 e. The lowest BCUT2D eigenvalue weighted by Crippen LogP contribution is -2.41. The number of hydrogen-bond acceptors (Lipinski definition) is 8. The van der Waals surface area contributed by atoms with Crippen molar-refractivity contribution in [2.75, 3.05) is 31.6 Å². The Hall–Kier alpha value is -2.30. The highest BCUT2D eigenvalue weighted by atomic mass is 32.1. The van der Waals surface area contributed by atoms with Crippen LogP contribution in [0.1, 0.15) is 39.7 Å². The fourth-order valence-corrected chi connectivity index (χ4v) is 4.41. The van der Waals surface area contributed by atoms with E-state index in [-0.39, 0.29) is 23.6 Å². The molecule has 2 aromatic heterocycles. The second-order valence-electron chi connectivity index (χ2n) is 7.07. The first-order valence-corrected chi connectivity index (χ1v) is 10.2. The molecule has 28 heavy (non-hydrogen) atoms. The quantitative estimate of drug-likeness (QED) is 0.746. The number of amides is 2. The molecule has 0 saturated carbocycles. The topological polar surface area (TPSA) is 110 Å². The molecule has 0 radical (unpaired) electrons. The number of fused-ring (bicyclic) bond motifs is 1. The summed E-state index contributed by atoms with van der Waals surface area (Å²) in [6.07, 6.45) is 2.98. The van der Waals surface area contributed by atoms with E-state index in [2.05, 4.69) is 25.7 Å². The Morgan fingerprint density at radius 3 is 3.07 bits per heavy atom. The molecule has 1 atom stereocenters. The van der Waals surface area contributed by atoms with E-state index < -0.39 is 0 Å². The minimum atomic E-state index is -0.340. The summed E-state index contributed by atoms with van der Waals surface area (Å²) in [4.78, 5) is 32.1. The van der Waals surface area contributed by atoms with E-state index in [1.165, 1.54) is 11.3 Å². The first-order chi connectivity index (χ1) is 13.6. The summed E-state index contributed by atoms with van der Waals surface area (Å²) in [5, 5.41) is 9.98. The van der Waals surface area contributed by atoms with E-state index >= 15 is 0 Å². The normalized spacial score (nSPS) is 19.4. The van der Waals surface area contributed by atoms with Crippen LogP contribution in [-0.4, -0.2) is 59.2 Å². The molecular formula is C18H23N5O4S. The molecule has 4 heterocycles. The second-order valence-corrected chi connectivity index (χ2v) is 8.15. The zero-order valence-corrected chi connectivity index (χ0v) is 16.5. The predicted molar refractivity (Wildman–Crippen MR) is 102 cm³/mol. The second kappa shape index (κ2) is 8.38. The lowest BCUT2D eigenvalue weighted by Gasteiger charge is -2.25. The molecule has 2 aliphatic heterocycles. The van der Waals surface area contributed by atoms with Crippen LogP contribution in [0.15, 0.2) is 10.6 Å². The molecule has 0 aliphatic carbocycles. The molecule has 1 fully saturated rings. The van der Waals surface area contributed by atoms with Gasteiger partial charge in [-0.15, -0.1) is 11.3 Å². The van der Waals surface area contributed by atoms with Crippen LogP contribution in [0.4, 0.5) is 5.13 Å². The Morgan fingerprint density at radius 1 is 1.43 bits per heavy atom. The molecule has 2 aromatic rings. The van der Waals surface area contributed by atoms with Crippen LogP contribution in [-0.2, 0) is 22.5 Å². The smallest absolute Gasteiger partial charge is 0.279 e. The highest BCUT2D eigenvalue weighted by Crippen LogP contribution is 2.28. The molecule has 0 spiro atoms. The molecular weight excluding hydrogens is 382 g/mol. The minimum Gasteiger partial charge on any atom is -0.376 e. The van der Waals surface area contributed by atoms with Gasteiger partial charge in [0.1, 0.15) is 5.76 Å². The molecule has 4 rings (SSSR count). The Kier molecular flexibility index (Phi) is 5.69. The summed E-state index contributed by atoms with van der Waals surface area (Å²) < 4.78 is 10.5. The van der Waals surface area contributed by atoms with E-state index in [9.17, 15) is 9.59 Å². The number of thiazole rings is 1. The van der Waals surface area contributed by atoms with Gasteiger partial charge in [0.25, 0.3) is 5.91 Å². The van der Waals surface area contributed by atoms with E-state index in [1.54, 1.807) is 13.0 Å². The number of ether oxygens (including phenoxy) is 1. The summed E-state index contributed by atoms with van der Waals surface area (Å²) in [5.74, 6) is 0.253. The first kappa shape index (κ1) is 19.0. The fraction of sp³-hybridized carbons (Fsp3) is 0.556. The van der Waals surface area contributed by atoms with Crippen molar-refractivity contribution in [3.8, 4) is 0 Å². The van der Waals surface area contributed by atoms with Crippen molar-refractivity contribution in [1.82, 2.24) is 20.4 Å². The van der Waals surface area contributed by atoms with Crippen LogP contribution in [0.2, 0.25) is 0 Å². The largest absolute Gasteiger partial charge is 0.376 e. The number of aromatic nitrogens is 2. The average molecular weight is 405 g/mol. The van der Waals surface area contributed by atoms with Crippen LogP contribution in [0, 0.1) is 6.92 Å². The summed E-state index contributed by atoms with van der Waals surface area (Å²) in [7, 11) is 0. The summed E-state index contributed by atoms with van der Waals surface area (Å²) in [5.41, 5.74) is 1.21. The van der Waals surface area contributed by atoms with Crippen molar-refractivity contribution in [2.45, 2.75) is 38.8 Å². The van der Waals surface area contributed by atoms with Crippen molar-refractivity contribution >= 4 is 28.3 Å². The summed E-state index contributed by atoms with van der Waals surface area (Å²) in [6.45, 7) is 4.87. The van der Waals surface area contributed by atoms with Crippen molar-refractivity contribution in [2.24, 2.45) is 0 Å². The third-order valence-electron chi connectivity index (χ3n) is 4.81. The number of anilines is 1. The Bertz CT molecular complexity index is 858. The molecule has 0 aromatic carbocycles. The van der Waals surface area contributed by atoms with Crippen molar-refractivity contribution in [1.29, 1.82) is 0 Å². The van der Waals surface area contributed by atoms with Crippen LogP contribution in [0.25, 0.3) is 0 Å². The van der Waals surface area contributed by atoms with Gasteiger partial charge < -0.3 is 14.6 Å². The van der Waals surface area contributed by atoms with E-state index in [1.807, 2.05) is 0 Å². The molecule has 2 aliphatic rings. The summed E-state index contributed by atoms with van der Waals surface area (Å²) >= 11 is 1.43. The molecule has 0 bridgehead atoms. The average Bonchev–Trinajstić information content (AvgIpc) is 3.40. The lowest BCUT2D eigenvalue weighted by molar-refractivity contribution is -0.122. The van der Waals surface area contributed by atoms with Crippen molar-refractivity contribution in [3.05, 3.63) is 28.1 Å². The van der Waals surface area contributed by atoms with Gasteiger partial charge in [0, 0.05) is 43.6 Å². The zero-order chi connectivity index (χ0) is 19.5. The highest BCUT2D eigenvalue weighted by Gasteiger charge is 2.24. The maximum atomic E-state index is 12.2. The van der Waals surface area contributed by atoms with Gasteiger partial charge in [-0.05, 0) is 19.8 Å². The number of rotatable bonds is 6. The predicted octanol–water partition coefficient (Wildman–Crippen LogP) is 1.35. The number of carbonyl (C=O) groups excluding carboxylic acids is 2. The van der Waals surface area contributed by atoms with Crippen LogP contribution in [0.5, 0.6) is 0 Å². The Balaban J connectivity index is 1.29. The van der Waals surface area contributed by atoms with E-state index in [0.29, 0.717) is 30.5 Å². The first-order valence-electron chi connectivity index (χ1n) is 9.41. The number of aryl methyl sites for hydroxylation is 1. The van der Waals surface area contributed by atoms with Gasteiger partial charge in [0.2, 0.25) is 5.91 Å². The number of carbonyl (C=O) groups is 2. The molecule has 2 N–H and O–H groups in total. The van der Waals surface area contributed by atoms with Crippen LogP contribution >= 0.6 is 11.3 Å². The van der Waals surface area contributed by atoms with Gasteiger partial charge in [0.15, 0.2) is 10.8 Å².